The van der Waals surface area contributed by atoms with Crippen molar-refractivity contribution in [2.75, 3.05) is 13.2 Å². The summed E-state index contributed by atoms with van der Waals surface area (Å²) in [7, 11) is 0. The van der Waals surface area contributed by atoms with Crippen molar-refractivity contribution in [1.82, 2.24) is 0 Å². The molecule has 6 nitrogen and oxygen atoms in total. The monoisotopic (exact) mass is 893 g/mol. The highest BCUT2D eigenvalue weighted by Crippen LogP contribution is 2.15. The van der Waals surface area contributed by atoms with E-state index < -0.39 is 6.10 Å². The summed E-state index contributed by atoms with van der Waals surface area (Å²) in [5.41, 5.74) is 0. The summed E-state index contributed by atoms with van der Waals surface area (Å²) in [5.74, 6) is -0.964. The van der Waals surface area contributed by atoms with Crippen LogP contribution in [0, 0.1) is 0 Å². The minimum Gasteiger partial charge on any atom is -0.462 e. The fraction of sp³-hybridized carbons (Fsp3) is 0.741. The van der Waals surface area contributed by atoms with Crippen molar-refractivity contribution in [3.8, 4) is 0 Å². The molecule has 0 aliphatic heterocycles. The predicted octanol–water partition coefficient (Wildman–Crippen LogP) is 17.8. The van der Waals surface area contributed by atoms with Crippen molar-refractivity contribution in [1.29, 1.82) is 0 Å². The van der Waals surface area contributed by atoms with Crippen LogP contribution in [0.15, 0.2) is 72.9 Å². The normalized spacial score (nSPS) is 12.6. The van der Waals surface area contributed by atoms with Gasteiger partial charge in [-0.1, -0.05) is 222 Å². The van der Waals surface area contributed by atoms with Gasteiger partial charge in [-0.05, 0) is 89.9 Å². The van der Waals surface area contributed by atoms with Crippen molar-refractivity contribution >= 4 is 17.9 Å². The lowest BCUT2D eigenvalue weighted by Gasteiger charge is -2.18. The number of hydrogen-bond donors (Lipinski definition) is 0. The van der Waals surface area contributed by atoms with Crippen LogP contribution in [0.1, 0.15) is 258 Å². The molecule has 64 heavy (non-hydrogen) atoms. The molecule has 368 valence electrons. The number of carbonyl (C=O) groups is 3. The van der Waals surface area contributed by atoms with Crippen LogP contribution in [-0.4, -0.2) is 37.2 Å². The highest BCUT2D eigenvalue weighted by molar-refractivity contribution is 5.71. The van der Waals surface area contributed by atoms with Crippen LogP contribution in [-0.2, 0) is 28.6 Å². The van der Waals surface area contributed by atoms with E-state index in [9.17, 15) is 14.4 Å². The van der Waals surface area contributed by atoms with Crippen molar-refractivity contribution < 1.29 is 28.6 Å². The van der Waals surface area contributed by atoms with Crippen molar-refractivity contribution in [2.45, 2.75) is 264 Å². The average molecular weight is 893 g/mol. The molecule has 0 spiro atoms. The maximum atomic E-state index is 12.8. The first-order valence-electron chi connectivity index (χ1n) is 26.9. The molecule has 0 saturated carbocycles. The summed E-state index contributed by atoms with van der Waals surface area (Å²) < 4.78 is 16.8. The Labute approximate surface area is 395 Å². The second-order valence-corrected chi connectivity index (χ2v) is 17.8. The molecule has 0 aliphatic rings. The van der Waals surface area contributed by atoms with Gasteiger partial charge in [0.25, 0.3) is 0 Å². The third-order valence-electron chi connectivity index (χ3n) is 11.4. The summed E-state index contributed by atoms with van der Waals surface area (Å²) in [6.07, 6.45) is 66.0. The standard InChI is InChI=1S/C58H100O6/c1-4-7-10-13-16-19-22-25-28-29-31-33-36-39-42-45-48-51-57(60)63-54-55(53-62-56(59)50-47-44-41-38-35-32-27-24-21-18-15-12-9-6-3)64-58(61)52-49-46-43-40-37-34-30-26-23-20-17-14-11-8-5-2/h16-17,19-20,25-26,28,30-31,33,39,42,55H,4-15,18,21-24,27,29,32,34-38,40-41,43-54H2,1-3H3/b19-16+,20-17+,28-25+,30-26+,33-31+,42-39+/t55-/m1/s1. The van der Waals surface area contributed by atoms with E-state index in [0.29, 0.717) is 19.3 Å². The van der Waals surface area contributed by atoms with E-state index in [1.54, 1.807) is 0 Å². The minimum absolute atomic E-state index is 0.0964. The first kappa shape index (κ1) is 60.9. The van der Waals surface area contributed by atoms with E-state index in [1.165, 1.54) is 122 Å². The number of rotatable bonds is 48. The second-order valence-electron chi connectivity index (χ2n) is 17.8. The number of allylic oxidation sites excluding steroid dienone is 12. The van der Waals surface area contributed by atoms with E-state index in [1.807, 2.05) is 0 Å². The number of esters is 3. The van der Waals surface area contributed by atoms with Crippen molar-refractivity contribution in [3.05, 3.63) is 72.9 Å². The lowest BCUT2D eigenvalue weighted by molar-refractivity contribution is -0.167. The second kappa shape index (κ2) is 52.5. The Kier molecular flexibility index (Phi) is 49.9. The molecule has 0 bridgehead atoms. The third kappa shape index (κ3) is 49.9. The van der Waals surface area contributed by atoms with Crippen LogP contribution in [0.3, 0.4) is 0 Å². The first-order valence-corrected chi connectivity index (χ1v) is 26.9. The van der Waals surface area contributed by atoms with Crippen LogP contribution < -0.4 is 0 Å². The summed E-state index contributed by atoms with van der Waals surface area (Å²) >= 11 is 0. The minimum atomic E-state index is -0.803. The quantitative estimate of drug-likeness (QED) is 0.0262. The lowest BCUT2D eigenvalue weighted by atomic mass is 10.0. The highest BCUT2D eigenvalue weighted by atomic mass is 16.6. The van der Waals surface area contributed by atoms with Gasteiger partial charge in [-0.3, -0.25) is 14.4 Å². The SMILES string of the molecule is CCCCC/C=C/C/C=C/C/C=C/C/C=C/CCCC(=O)OC[C@@H](COC(=O)CCCCCCCCCCCCCCCC)OC(=O)CCCCCCC/C=C/C/C=C/CCCCC. The van der Waals surface area contributed by atoms with Crippen LogP contribution in [0.4, 0.5) is 0 Å². The third-order valence-corrected chi connectivity index (χ3v) is 11.4. The molecule has 1 atom stereocenters. The zero-order valence-electron chi connectivity index (χ0n) is 42.0. The molecule has 0 radical (unpaired) electrons. The van der Waals surface area contributed by atoms with Gasteiger partial charge in [0.1, 0.15) is 13.2 Å². The number of ether oxygens (including phenoxy) is 3. The molecule has 0 aromatic heterocycles. The Hall–Kier alpha value is -3.15. The van der Waals surface area contributed by atoms with E-state index in [0.717, 1.165) is 89.9 Å². The van der Waals surface area contributed by atoms with Gasteiger partial charge in [0.15, 0.2) is 6.10 Å². The smallest absolute Gasteiger partial charge is 0.306 e. The van der Waals surface area contributed by atoms with Crippen molar-refractivity contribution in [2.24, 2.45) is 0 Å². The molecular weight excluding hydrogens is 793 g/mol. The first-order chi connectivity index (χ1) is 31.5. The number of carbonyl (C=O) groups excluding carboxylic acids is 3. The van der Waals surface area contributed by atoms with Gasteiger partial charge in [0.2, 0.25) is 0 Å². The van der Waals surface area contributed by atoms with Gasteiger partial charge in [-0.2, -0.15) is 0 Å². The predicted molar refractivity (Wildman–Crippen MR) is 274 cm³/mol. The van der Waals surface area contributed by atoms with Crippen LogP contribution in [0.5, 0.6) is 0 Å². The molecule has 0 fully saturated rings. The zero-order valence-corrected chi connectivity index (χ0v) is 42.0. The van der Waals surface area contributed by atoms with Gasteiger partial charge >= 0.3 is 17.9 Å². The molecule has 0 unspecified atom stereocenters. The van der Waals surface area contributed by atoms with Gasteiger partial charge in [-0.25, -0.2) is 0 Å². The molecule has 0 saturated heterocycles. The van der Waals surface area contributed by atoms with Crippen LogP contribution >= 0.6 is 0 Å². The molecule has 0 amide bonds. The molecular formula is C58H100O6. The number of unbranched alkanes of at least 4 members (excludes halogenated alkanes) is 25. The molecule has 0 aliphatic carbocycles. The van der Waals surface area contributed by atoms with Crippen molar-refractivity contribution in [3.63, 3.8) is 0 Å². The van der Waals surface area contributed by atoms with Gasteiger partial charge < -0.3 is 14.2 Å². The maximum absolute atomic E-state index is 12.8. The molecule has 0 N–H and O–H groups in total. The van der Waals surface area contributed by atoms with E-state index in [2.05, 4.69) is 93.7 Å². The number of hydrogen-bond acceptors (Lipinski definition) is 6. The fourth-order valence-electron chi connectivity index (χ4n) is 7.35. The lowest BCUT2D eigenvalue weighted by Crippen LogP contribution is -2.30. The molecule has 0 heterocycles. The highest BCUT2D eigenvalue weighted by Gasteiger charge is 2.19. The Morgan fingerprint density at radius 2 is 0.578 bits per heavy atom. The fourth-order valence-corrected chi connectivity index (χ4v) is 7.35. The Morgan fingerprint density at radius 1 is 0.312 bits per heavy atom. The molecule has 0 aromatic rings. The zero-order chi connectivity index (χ0) is 46.5. The Morgan fingerprint density at radius 3 is 0.969 bits per heavy atom. The molecule has 0 rings (SSSR count). The molecule has 0 aromatic carbocycles. The van der Waals surface area contributed by atoms with Gasteiger partial charge in [-0.15, -0.1) is 0 Å². The largest absolute Gasteiger partial charge is 0.462 e. The van der Waals surface area contributed by atoms with Crippen LogP contribution in [0.2, 0.25) is 0 Å². The van der Waals surface area contributed by atoms with E-state index in [-0.39, 0.29) is 37.5 Å². The molecule has 6 heteroatoms. The van der Waals surface area contributed by atoms with E-state index in [4.69, 9.17) is 14.2 Å². The van der Waals surface area contributed by atoms with Gasteiger partial charge in [0, 0.05) is 19.3 Å². The summed E-state index contributed by atoms with van der Waals surface area (Å²) in [6, 6.07) is 0. The Bertz CT molecular complexity index is 1210. The average Bonchev–Trinajstić information content (AvgIpc) is 3.29. The summed E-state index contributed by atoms with van der Waals surface area (Å²) in [6.45, 7) is 6.53. The Balaban J connectivity index is 4.48. The van der Waals surface area contributed by atoms with E-state index >= 15 is 0 Å². The maximum Gasteiger partial charge on any atom is 0.306 e. The summed E-state index contributed by atoms with van der Waals surface area (Å²) in [5, 5.41) is 0. The van der Waals surface area contributed by atoms with Crippen LogP contribution in [0.25, 0.3) is 0 Å². The van der Waals surface area contributed by atoms with Gasteiger partial charge in [0.05, 0.1) is 0 Å². The summed E-state index contributed by atoms with van der Waals surface area (Å²) in [4.78, 5) is 38.0. The topological polar surface area (TPSA) is 78.9 Å².